The van der Waals surface area contributed by atoms with Gasteiger partial charge in [-0.15, -0.1) is 0 Å². The minimum absolute atomic E-state index is 0.0924. The lowest BCUT2D eigenvalue weighted by molar-refractivity contribution is -0.686. The van der Waals surface area contributed by atoms with Crippen LogP contribution in [0.4, 0.5) is 0 Å². The molecule has 6 rings (SSSR count). The molecule has 4 aliphatic rings. The van der Waals surface area contributed by atoms with Gasteiger partial charge < -0.3 is 9.47 Å². The van der Waals surface area contributed by atoms with Crippen LogP contribution in [0.25, 0.3) is 0 Å². The van der Waals surface area contributed by atoms with E-state index in [4.69, 9.17) is 9.47 Å². The monoisotopic (exact) mass is 743 g/mol. The number of ether oxygens (including phenoxy) is 2. The summed E-state index contributed by atoms with van der Waals surface area (Å²) in [4.78, 5) is 26.0. The molecule has 0 aromatic carbocycles. The average Bonchev–Trinajstić information content (AvgIpc) is 3.14. The highest BCUT2D eigenvalue weighted by Crippen LogP contribution is 2.76. The number of hydrogen-bond acceptors (Lipinski definition) is 4. The molecule has 4 fully saturated rings. The van der Waals surface area contributed by atoms with Crippen LogP contribution in [-0.4, -0.2) is 25.2 Å². The first-order valence-corrected chi connectivity index (χ1v) is 21.4. The number of nitrogens with zero attached hydrogens (tertiary/aromatic N) is 2. The first kappa shape index (κ1) is 42.1. The van der Waals surface area contributed by atoms with Gasteiger partial charge in [-0.3, -0.25) is 0 Å². The third-order valence-electron chi connectivity index (χ3n) is 16.3. The molecule has 6 heteroatoms. The van der Waals surface area contributed by atoms with E-state index in [-0.39, 0.29) is 52.1 Å². The number of allylic oxidation sites excluding steroid dienone is 1. The van der Waals surface area contributed by atoms with Gasteiger partial charge in [0, 0.05) is 29.7 Å². The second-order valence-electron chi connectivity index (χ2n) is 19.2. The van der Waals surface area contributed by atoms with Gasteiger partial charge in [0.05, 0.1) is 13.2 Å². The van der Waals surface area contributed by atoms with Crippen molar-refractivity contribution in [2.75, 3.05) is 13.2 Å². The lowest BCUT2D eigenvalue weighted by atomic mass is 9.31. The lowest BCUT2D eigenvalue weighted by Gasteiger charge is -2.73. The van der Waals surface area contributed by atoms with Gasteiger partial charge in [0.25, 0.3) is 0 Å². The van der Waals surface area contributed by atoms with Crippen molar-refractivity contribution < 1.29 is 28.2 Å². The topological polar surface area (TPSA) is 60.4 Å². The standard InChI is InChI=1S/C46H68N2O4.C2H6/c1-10-35(33(2)3)41-36-17-18-38-44(7)21-19-34(31-51-39(49)29-47-25-13-11-14-26-47)42(4,5)37(44)20-22-46(38,9)45(36,8)24-23-43(41,6)32-52-40(50)30-48-27-15-12-16-28-48;1-2/h11-16,25-28,34-38,41H,2,10,17-24,29-32H2,1,3-9H3;1-2H3/q+2;/t34?,35-,36?,37?,38?,41?,43+,44-,45+,46+;/m0./s1. The van der Waals surface area contributed by atoms with Crippen molar-refractivity contribution >= 4 is 11.9 Å². The fourth-order valence-corrected chi connectivity index (χ4v) is 13.3. The van der Waals surface area contributed by atoms with Gasteiger partial charge in [-0.25, -0.2) is 9.59 Å². The molecule has 0 amide bonds. The van der Waals surface area contributed by atoms with Gasteiger partial charge in [-0.2, -0.15) is 9.13 Å². The molecule has 2 heterocycles. The Morgan fingerprint density at radius 3 is 1.85 bits per heavy atom. The average molecular weight is 743 g/mol. The molecule has 2 aromatic rings. The van der Waals surface area contributed by atoms with Crippen molar-refractivity contribution in [3.63, 3.8) is 0 Å². The zero-order chi connectivity index (χ0) is 39.5. The Hall–Kier alpha value is -3.02. The number of rotatable bonds is 11. The summed E-state index contributed by atoms with van der Waals surface area (Å²) in [7, 11) is 0. The van der Waals surface area contributed by atoms with Crippen molar-refractivity contribution in [3.05, 3.63) is 73.3 Å². The van der Waals surface area contributed by atoms with Gasteiger partial charge in [-0.1, -0.05) is 86.6 Å². The van der Waals surface area contributed by atoms with E-state index in [0.717, 1.165) is 19.3 Å². The molecule has 0 saturated heterocycles. The second kappa shape index (κ2) is 16.6. The molecule has 5 unspecified atom stereocenters. The van der Waals surface area contributed by atoms with Crippen LogP contribution in [0, 0.1) is 62.6 Å². The van der Waals surface area contributed by atoms with Gasteiger partial charge >= 0.3 is 11.9 Å². The first-order chi connectivity index (χ1) is 25.6. The van der Waals surface area contributed by atoms with Crippen molar-refractivity contribution in [2.45, 2.75) is 140 Å². The molecule has 10 atom stereocenters. The van der Waals surface area contributed by atoms with E-state index in [9.17, 15) is 9.59 Å². The highest BCUT2D eigenvalue weighted by atomic mass is 16.5. The van der Waals surface area contributed by atoms with E-state index in [2.05, 4.69) is 62.0 Å². The minimum Gasteiger partial charge on any atom is -0.461 e. The van der Waals surface area contributed by atoms with Gasteiger partial charge in [0.15, 0.2) is 24.8 Å². The molecule has 4 saturated carbocycles. The summed E-state index contributed by atoms with van der Waals surface area (Å²) < 4.78 is 16.0. The predicted octanol–water partition coefficient (Wildman–Crippen LogP) is 9.98. The number of carbonyl (C=O) groups excluding carboxylic acids is 2. The summed E-state index contributed by atoms with van der Waals surface area (Å²) in [5.41, 5.74) is 1.96. The highest BCUT2D eigenvalue weighted by molar-refractivity contribution is 5.68. The van der Waals surface area contributed by atoms with Crippen LogP contribution in [0.3, 0.4) is 0 Å². The summed E-state index contributed by atoms with van der Waals surface area (Å²) in [5.74, 6) is 2.71. The molecular formula is C48H74N2O4+2. The van der Waals surface area contributed by atoms with E-state index in [0.29, 0.717) is 48.7 Å². The molecule has 0 spiro atoms. The van der Waals surface area contributed by atoms with Crippen LogP contribution in [0.5, 0.6) is 0 Å². The maximum Gasteiger partial charge on any atom is 0.372 e. The molecule has 4 aliphatic carbocycles. The Morgan fingerprint density at radius 2 is 1.30 bits per heavy atom. The maximum absolute atomic E-state index is 13.2. The molecule has 0 N–H and O–H groups in total. The Morgan fingerprint density at radius 1 is 0.722 bits per heavy atom. The van der Waals surface area contributed by atoms with E-state index in [1.807, 2.05) is 84.2 Å². The third kappa shape index (κ3) is 7.70. The Kier molecular flexibility index (Phi) is 13.0. The third-order valence-corrected chi connectivity index (χ3v) is 16.3. The van der Waals surface area contributed by atoms with Crippen LogP contribution >= 0.6 is 0 Å². The quantitative estimate of drug-likeness (QED) is 0.131. The second-order valence-corrected chi connectivity index (χ2v) is 19.2. The highest BCUT2D eigenvalue weighted by Gasteiger charge is 2.69. The maximum atomic E-state index is 13.2. The van der Waals surface area contributed by atoms with Crippen LogP contribution in [0.15, 0.2) is 73.3 Å². The van der Waals surface area contributed by atoms with Gasteiger partial charge in [-0.05, 0) is 122 Å². The van der Waals surface area contributed by atoms with Gasteiger partial charge in [0.1, 0.15) is 0 Å². The fraction of sp³-hybridized carbons (Fsp3) is 0.708. The number of aromatic nitrogens is 2. The largest absolute Gasteiger partial charge is 0.461 e. The van der Waals surface area contributed by atoms with Gasteiger partial charge in [0.2, 0.25) is 13.1 Å². The summed E-state index contributed by atoms with van der Waals surface area (Å²) in [6, 6.07) is 11.7. The molecular weight excluding hydrogens is 669 g/mol. The molecule has 6 nitrogen and oxygen atoms in total. The zero-order valence-corrected chi connectivity index (χ0v) is 35.7. The van der Waals surface area contributed by atoms with Crippen molar-refractivity contribution in [1.82, 2.24) is 0 Å². The van der Waals surface area contributed by atoms with E-state index < -0.39 is 0 Å². The number of esters is 2. The number of hydrogen-bond donors (Lipinski definition) is 0. The van der Waals surface area contributed by atoms with Crippen LogP contribution < -0.4 is 9.13 Å². The number of pyridine rings is 2. The smallest absolute Gasteiger partial charge is 0.372 e. The van der Waals surface area contributed by atoms with Crippen LogP contribution in [-0.2, 0) is 32.2 Å². The SMILES string of the molecule is C=C(C)[C@H](CC)C1C2CCC3[C@@]4(C)CCC(COC(=O)C[n+]5ccccc5)C(C)(C)C4CC[C@@]3(C)[C@]2(C)CC[C@]1(C)COC(=O)C[n+]1ccccc1.CC. The lowest BCUT2D eigenvalue weighted by Crippen LogP contribution is -2.67. The Bertz CT molecular complexity index is 1590. The van der Waals surface area contributed by atoms with Crippen molar-refractivity contribution in [1.29, 1.82) is 0 Å². The van der Waals surface area contributed by atoms with E-state index in [1.54, 1.807) is 0 Å². The normalized spacial score (nSPS) is 35.8. The van der Waals surface area contributed by atoms with E-state index in [1.165, 1.54) is 44.1 Å². The molecule has 2 aromatic heterocycles. The Labute approximate surface area is 328 Å². The van der Waals surface area contributed by atoms with E-state index >= 15 is 0 Å². The van der Waals surface area contributed by atoms with Crippen LogP contribution in [0.2, 0.25) is 0 Å². The molecule has 54 heavy (non-hydrogen) atoms. The minimum atomic E-state index is -0.155. The fourth-order valence-electron chi connectivity index (χ4n) is 13.3. The molecule has 298 valence electrons. The zero-order valence-electron chi connectivity index (χ0n) is 35.7. The molecule has 0 aliphatic heterocycles. The van der Waals surface area contributed by atoms with Crippen LogP contribution in [0.1, 0.15) is 127 Å². The molecule has 0 bridgehead atoms. The summed E-state index contributed by atoms with van der Waals surface area (Å²) in [5, 5.41) is 0. The Balaban J connectivity index is 0.00000276. The predicted molar refractivity (Wildman–Crippen MR) is 216 cm³/mol. The number of fused-ring (bicyclic) bond motifs is 5. The number of carbonyl (C=O) groups is 2. The molecule has 0 radical (unpaired) electrons. The summed E-state index contributed by atoms with van der Waals surface area (Å²) in [6.07, 6.45) is 18.3. The van der Waals surface area contributed by atoms with Crippen molar-refractivity contribution in [2.24, 2.45) is 62.6 Å². The first-order valence-electron chi connectivity index (χ1n) is 21.4. The van der Waals surface area contributed by atoms with Crippen molar-refractivity contribution in [3.8, 4) is 0 Å². The summed E-state index contributed by atoms with van der Waals surface area (Å²) in [6.45, 7) is 30.0. The summed E-state index contributed by atoms with van der Waals surface area (Å²) >= 11 is 0.